The highest BCUT2D eigenvalue weighted by Gasteiger charge is 2.18. The highest BCUT2D eigenvalue weighted by molar-refractivity contribution is 6.36. The van der Waals surface area contributed by atoms with Crippen LogP contribution < -0.4 is 11.5 Å². The van der Waals surface area contributed by atoms with Gasteiger partial charge in [-0.25, -0.2) is 0 Å². The van der Waals surface area contributed by atoms with Crippen LogP contribution in [0.4, 0.5) is 0 Å². The van der Waals surface area contributed by atoms with Crippen LogP contribution in [0.3, 0.4) is 0 Å². The molecule has 0 saturated carbocycles. The molecule has 3 aromatic rings. The fourth-order valence-corrected chi connectivity index (χ4v) is 3.63. The number of halogens is 3. The Bertz CT molecular complexity index is 1030. The summed E-state index contributed by atoms with van der Waals surface area (Å²) in [6.45, 7) is 0. The van der Waals surface area contributed by atoms with E-state index in [1.54, 1.807) is 12.3 Å². The number of rotatable bonds is 4. The van der Waals surface area contributed by atoms with E-state index in [2.05, 4.69) is 14.8 Å². The molecule has 0 radical (unpaired) electrons. The van der Waals surface area contributed by atoms with Gasteiger partial charge in [-0.3, -0.25) is 0 Å². The van der Waals surface area contributed by atoms with Crippen molar-refractivity contribution in [3.8, 4) is 11.3 Å². The van der Waals surface area contributed by atoms with Crippen LogP contribution in [0.25, 0.3) is 22.2 Å². The normalized spacial score (nSPS) is 11.4. The number of aryl methyl sites for hydroxylation is 1. The van der Waals surface area contributed by atoms with Gasteiger partial charge in [-0.05, 0) is 42.0 Å². The first kappa shape index (κ1) is 18.6. The molecule has 0 atom stereocenters. The number of guanidine groups is 1. The maximum Gasteiger partial charge on any atom is 0.211 e. The minimum atomic E-state index is -0.0943. The first-order valence-corrected chi connectivity index (χ1v) is 8.84. The lowest BCUT2D eigenvalue weighted by Gasteiger charge is -2.09. The van der Waals surface area contributed by atoms with E-state index in [-0.39, 0.29) is 5.96 Å². The smallest absolute Gasteiger partial charge is 0.211 e. The first-order valence-electron chi connectivity index (χ1n) is 7.71. The molecule has 0 aliphatic heterocycles. The van der Waals surface area contributed by atoms with Crippen molar-refractivity contribution in [3.63, 3.8) is 0 Å². The number of benzene rings is 2. The number of nitrogens with two attached hydrogens (primary N) is 2. The second-order valence-electron chi connectivity index (χ2n) is 5.70. The highest BCUT2D eigenvalue weighted by atomic mass is 35.5. The highest BCUT2D eigenvalue weighted by Crippen LogP contribution is 2.38. The summed E-state index contributed by atoms with van der Waals surface area (Å²) in [6.07, 6.45) is 2.14. The summed E-state index contributed by atoms with van der Waals surface area (Å²) in [7, 11) is 1.98. The number of fused-ring (bicyclic) bond motifs is 1. The van der Waals surface area contributed by atoms with Gasteiger partial charge in [-0.1, -0.05) is 34.8 Å². The van der Waals surface area contributed by atoms with Gasteiger partial charge in [0.2, 0.25) is 5.96 Å². The Morgan fingerprint density at radius 3 is 2.46 bits per heavy atom. The maximum atomic E-state index is 6.46. The Balaban J connectivity index is 2.23. The predicted octanol–water partition coefficient (Wildman–Crippen LogP) is 4.61. The zero-order valence-corrected chi connectivity index (χ0v) is 16.1. The summed E-state index contributed by atoms with van der Waals surface area (Å²) < 4.78 is 2.07. The van der Waals surface area contributed by atoms with E-state index in [4.69, 9.17) is 46.3 Å². The number of aromatic nitrogens is 1. The quantitative estimate of drug-likeness (QED) is 0.375. The maximum absolute atomic E-state index is 6.46. The lowest BCUT2D eigenvalue weighted by Crippen LogP contribution is -2.21. The van der Waals surface area contributed by atoms with Gasteiger partial charge in [0.05, 0.1) is 10.7 Å². The van der Waals surface area contributed by atoms with Crippen molar-refractivity contribution >= 4 is 57.9 Å². The van der Waals surface area contributed by atoms with Gasteiger partial charge < -0.3 is 16.0 Å². The van der Waals surface area contributed by atoms with Crippen LogP contribution in [0, 0.1) is 0 Å². The summed E-state index contributed by atoms with van der Waals surface area (Å²) in [5.41, 5.74) is 14.5. The molecule has 26 heavy (non-hydrogen) atoms. The third kappa shape index (κ3) is 3.65. The van der Waals surface area contributed by atoms with E-state index in [0.29, 0.717) is 21.5 Å². The lowest BCUT2D eigenvalue weighted by atomic mass is 10.0. The number of hydrogen-bond donors (Lipinski definition) is 2. The van der Waals surface area contributed by atoms with Crippen LogP contribution in [0.15, 0.2) is 46.6 Å². The summed E-state index contributed by atoms with van der Waals surface area (Å²) in [5.74, 6) is -0.0943. The van der Waals surface area contributed by atoms with Gasteiger partial charge in [0.15, 0.2) is 0 Å². The molecule has 0 fully saturated rings. The monoisotopic (exact) mass is 407 g/mol. The Labute approximate surface area is 165 Å². The Morgan fingerprint density at radius 2 is 1.77 bits per heavy atom. The molecule has 0 spiro atoms. The van der Waals surface area contributed by atoms with Crippen molar-refractivity contribution in [2.24, 2.45) is 28.7 Å². The molecule has 4 N–H and O–H groups in total. The molecule has 1 heterocycles. The topological polar surface area (TPSA) is 81.7 Å². The fraction of sp³-hybridized carbons (Fsp3) is 0.111. The summed E-state index contributed by atoms with van der Waals surface area (Å²) in [4.78, 5) is 0. The molecule has 0 unspecified atom stereocenters. The van der Waals surface area contributed by atoms with Crippen LogP contribution in [0.5, 0.6) is 0 Å². The Hall–Kier alpha value is -2.21. The van der Waals surface area contributed by atoms with E-state index in [0.717, 1.165) is 27.7 Å². The van der Waals surface area contributed by atoms with Crippen molar-refractivity contribution in [3.05, 3.63) is 57.0 Å². The molecule has 3 rings (SSSR count). The standard InChI is InChI=1S/C18H16Cl3N5/c1-26-16-5-3-10(19)8-14(16)12(6-7-24-25-18(22)23)17(26)13-4-2-11(20)9-15(13)21/h2-5,7-9H,6H2,1H3,(H4,22,23,25). The van der Waals surface area contributed by atoms with E-state index < -0.39 is 0 Å². The van der Waals surface area contributed by atoms with Gasteiger partial charge >= 0.3 is 0 Å². The molecule has 0 aliphatic rings. The first-order chi connectivity index (χ1) is 12.4. The third-order valence-electron chi connectivity index (χ3n) is 4.00. The third-order valence-corrected chi connectivity index (χ3v) is 4.79. The van der Waals surface area contributed by atoms with E-state index >= 15 is 0 Å². The van der Waals surface area contributed by atoms with Crippen LogP contribution in [-0.2, 0) is 13.5 Å². The molecule has 2 aromatic carbocycles. The summed E-state index contributed by atoms with van der Waals surface area (Å²) in [5, 5.41) is 10.3. The molecule has 134 valence electrons. The number of nitrogens with zero attached hydrogens (tertiary/aromatic N) is 3. The molecule has 8 heteroatoms. The average molecular weight is 409 g/mol. The van der Waals surface area contributed by atoms with E-state index in [1.807, 2.05) is 37.4 Å². The molecular formula is C18H16Cl3N5. The molecule has 0 aliphatic carbocycles. The van der Waals surface area contributed by atoms with Gasteiger partial charge in [0.1, 0.15) is 0 Å². The van der Waals surface area contributed by atoms with Crippen molar-refractivity contribution in [2.75, 3.05) is 0 Å². The van der Waals surface area contributed by atoms with Crippen LogP contribution in [0.2, 0.25) is 15.1 Å². The van der Waals surface area contributed by atoms with Crippen molar-refractivity contribution in [2.45, 2.75) is 6.42 Å². The zero-order valence-electron chi connectivity index (χ0n) is 13.9. The van der Waals surface area contributed by atoms with Crippen LogP contribution in [-0.4, -0.2) is 16.7 Å². The molecule has 0 bridgehead atoms. The zero-order chi connectivity index (χ0) is 18.8. The van der Waals surface area contributed by atoms with Gasteiger partial charge in [0.25, 0.3) is 0 Å². The van der Waals surface area contributed by atoms with Crippen LogP contribution >= 0.6 is 34.8 Å². The average Bonchev–Trinajstić information content (AvgIpc) is 2.83. The molecular weight excluding hydrogens is 393 g/mol. The Morgan fingerprint density at radius 1 is 1.08 bits per heavy atom. The van der Waals surface area contributed by atoms with Crippen molar-refractivity contribution < 1.29 is 0 Å². The minimum Gasteiger partial charge on any atom is -0.369 e. The Kier molecular flexibility index (Phi) is 5.41. The van der Waals surface area contributed by atoms with Crippen LogP contribution in [0.1, 0.15) is 5.56 Å². The SMILES string of the molecule is Cn1c(-c2ccc(Cl)cc2Cl)c(CC=NN=C(N)N)c2cc(Cl)ccc21. The number of hydrogen-bond acceptors (Lipinski definition) is 2. The van der Waals surface area contributed by atoms with Gasteiger partial charge in [-0.2, -0.15) is 5.10 Å². The lowest BCUT2D eigenvalue weighted by molar-refractivity contribution is 0.971. The van der Waals surface area contributed by atoms with Crippen molar-refractivity contribution in [1.29, 1.82) is 0 Å². The molecule has 0 saturated heterocycles. The fourth-order valence-electron chi connectivity index (χ4n) is 2.96. The van der Waals surface area contributed by atoms with Crippen molar-refractivity contribution in [1.82, 2.24) is 4.57 Å². The second-order valence-corrected chi connectivity index (χ2v) is 6.98. The van der Waals surface area contributed by atoms with E-state index in [9.17, 15) is 0 Å². The van der Waals surface area contributed by atoms with E-state index in [1.165, 1.54) is 0 Å². The molecule has 0 amide bonds. The molecule has 5 nitrogen and oxygen atoms in total. The predicted molar refractivity (Wildman–Crippen MR) is 111 cm³/mol. The molecule has 1 aromatic heterocycles. The minimum absolute atomic E-state index is 0.0943. The van der Waals surface area contributed by atoms with Gasteiger partial charge in [-0.15, -0.1) is 5.10 Å². The van der Waals surface area contributed by atoms with Gasteiger partial charge in [0, 0.05) is 46.2 Å². The summed E-state index contributed by atoms with van der Waals surface area (Å²) >= 11 is 18.7. The summed E-state index contributed by atoms with van der Waals surface area (Å²) in [6, 6.07) is 11.2. The largest absolute Gasteiger partial charge is 0.369 e. The second kappa shape index (κ2) is 7.58.